The molecular weight excluding hydrogens is 284 g/mol. The van der Waals surface area contributed by atoms with Gasteiger partial charge >= 0.3 is 0 Å². The normalized spacial score (nSPS) is 18.1. The summed E-state index contributed by atoms with van der Waals surface area (Å²) in [6, 6.07) is 0. The highest BCUT2D eigenvalue weighted by Crippen LogP contribution is 2.18. The number of nitrogens with zero attached hydrogens (tertiary/aromatic N) is 2. The van der Waals surface area contributed by atoms with Crippen LogP contribution in [0.15, 0.2) is 0 Å². The van der Waals surface area contributed by atoms with Crippen molar-refractivity contribution in [1.29, 1.82) is 0 Å². The molecule has 1 unspecified atom stereocenters. The molecule has 1 atom stereocenters. The Morgan fingerprint density at radius 1 is 1.53 bits per heavy atom. The number of amides is 1. The Hall–Kier alpha value is -0.720. The topological polar surface area (TPSA) is 66.9 Å². The van der Waals surface area contributed by atoms with Gasteiger partial charge in [-0.1, -0.05) is 18.3 Å². The molecule has 0 bridgehead atoms. The molecular formula is C12H21ClN4OS. The summed E-state index contributed by atoms with van der Waals surface area (Å²) >= 11 is 1.48. The van der Waals surface area contributed by atoms with Crippen molar-refractivity contribution in [2.75, 3.05) is 18.4 Å². The molecule has 108 valence electrons. The molecule has 0 aliphatic carbocycles. The molecule has 1 saturated heterocycles. The van der Waals surface area contributed by atoms with Crippen LogP contribution < -0.4 is 10.6 Å². The first-order valence-electron chi connectivity index (χ1n) is 6.61. The van der Waals surface area contributed by atoms with Gasteiger partial charge in [0.2, 0.25) is 11.0 Å². The van der Waals surface area contributed by atoms with Gasteiger partial charge in [-0.15, -0.1) is 22.6 Å². The van der Waals surface area contributed by atoms with Crippen LogP contribution in [0.1, 0.15) is 37.6 Å². The number of aryl methyl sites for hydroxylation is 1. The largest absolute Gasteiger partial charge is 0.316 e. The van der Waals surface area contributed by atoms with Crippen LogP contribution in [0.3, 0.4) is 0 Å². The lowest BCUT2D eigenvalue weighted by Gasteiger charge is -2.06. The quantitative estimate of drug-likeness (QED) is 0.846. The smallest absolute Gasteiger partial charge is 0.226 e. The third-order valence-corrected chi connectivity index (χ3v) is 4.02. The molecule has 1 fully saturated rings. The molecule has 19 heavy (non-hydrogen) atoms. The Bertz CT molecular complexity index is 393. The van der Waals surface area contributed by atoms with Crippen molar-refractivity contribution in [2.45, 2.75) is 39.0 Å². The number of aromatic nitrogens is 2. The Kier molecular flexibility index (Phi) is 7.27. The highest BCUT2D eigenvalue weighted by atomic mass is 35.5. The van der Waals surface area contributed by atoms with Gasteiger partial charge in [0, 0.05) is 12.8 Å². The van der Waals surface area contributed by atoms with Gasteiger partial charge in [-0.3, -0.25) is 4.79 Å². The second-order valence-corrected chi connectivity index (χ2v) is 5.76. The number of anilines is 1. The minimum absolute atomic E-state index is 0. The van der Waals surface area contributed by atoms with Crippen LogP contribution in [0.4, 0.5) is 5.13 Å². The van der Waals surface area contributed by atoms with Crippen LogP contribution in [0.2, 0.25) is 0 Å². The van der Waals surface area contributed by atoms with Gasteiger partial charge in [-0.2, -0.15) is 0 Å². The van der Waals surface area contributed by atoms with Crippen LogP contribution in [-0.4, -0.2) is 29.2 Å². The molecule has 1 aliphatic heterocycles. The summed E-state index contributed by atoms with van der Waals surface area (Å²) in [5.41, 5.74) is 0. The molecule has 0 saturated carbocycles. The van der Waals surface area contributed by atoms with Crippen molar-refractivity contribution in [2.24, 2.45) is 5.92 Å². The second kappa shape index (κ2) is 8.45. The molecule has 2 rings (SSSR count). The maximum absolute atomic E-state index is 11.7. The molecule has 7 heteroatoms. The highest BCUT2D eigenvalue weighted by molar-refractivity contribution is 7.15. The van der Waals surface area contributed by atoms with E-state index in [1.807, 2.05) is 0 Å². The van der Waals surface area contributed by atoms with Crippen molar-refractivity contribution < 1.29 is 4.79 Å². The summed E-state index contributed by atoms with van der Waals surface area (Å²) in [6.07, 6.45) is 4.71. The lowest BCUT2D eigenvalue weighted by molar-refractivity contribution is -0.116. The zero-order valence-corrected chi connectivity index (χ0v) is 12.8. The highest BCUT2D eigenvalue weighted by Gasteiger charge is 2.16. The molecule has 1 aliphatic rings. The maximum Gasteiger partial charge on any atom is 0.226 e. The molecule has 1 amide bonds. The fourth-order valence-electron chi connectivity index (χ4n) is 2.10. The average Bonchev–Trinajstić information content (AvgIpc) is 2.99. The third-order valence-electron chi connectivity index (χ3n) is 3.12. The molecule has 5 nitrogen and oxygen atoms in total. The van der Waals surface area contributed by atoms with E-state index in [1.54, 1.807) is 0 Å². The van der Waals surface area contributed by atoms with Crippen molar-refractivity contribution in [3.8, 4) is 0 Å². The molecule has 0 aromatic carbocycles. The predicted octanol–water partition coefficient (Wildman–Crippen LogP) is 2.24. The molecule has 1 aromatic heterocycles. The minimum Gasteiger partial charge on any atom is -0.316 e. The molecule has 0 spiro atoms. The molecule has 1 aromatic rings. The van der Waals surface area contributed by atoms with Crippen molar-refractivity contribution in [1.82, 2.24) is 15.5 Å². The van der Waals surface area contributed by atoms with E-state index in [9.17, 15) is 4.79 Å². The summed E-state index contributed by atoms with van der Waals surface area (Å²) in [5, 5.41) is 15.8. The van der Waals surface area contributed by atoms with Gasteiger partial charge in [-0.25, -0.2) is 0 Å². The lowest BCUT2D eigenvalue weighted by atomic mass is 10.0. The third kappa shape index (κ3) is 5.42. The summed E-state index contributed by atoms with van der Waals surface area (Å²) in [5.74, 6) is 0.710. The summed E-state index contributed by atoms with van der Waals surface area (Å²) in [7, 11) is 0. The predicted molar refractivity (Wildman–Crippen MR) is 80.0 cm³/mol. The number of hydrogen-bond acceptors (Lipinski definition) is 5. The van der Waals surface area contributed by atoms with E-state index in [0.717, 1.165) is 37.4 Å². The first-order valence-corrected chi connectivity index (χ1v) is 7.42. The number of carbonyl (C=O) groups is 1. The molecule has 0 radical (unpaired) electrons. The zero-order valence-electron chi connectivity index (χ0n) is 11.1. The van der Waals surface area contributed by atoms with Gasteiger partial charge in [0.1, 0.15) is 5.01 Å². The zero-order chi connectivity index (χ0) is 12.8. The van der Waals surface area contributed by atoms with E-state index < -0.39 is 0 Å². The Labute approximate surface area is 124 Å². The van der Waals surface area contributed by atoms with Gasteiger partial charge in [0.15, 0.2) is 0 Å². The van der Waals surface area contributed by atoms with E-state index in [2.05, 4.69) is 27.8 Å². The fraction of sp³-hybridized carbons (Fsp3) is 0.750. The van der Waals surface area contributed by atoms with Crippen LogP contribution in [0.25, 0.3) is 0 Å². The Morgan fingerprint density at radius 2 is 2.37 bits per heavy atom. The fourth-order valence-corrected chi connectivity index (χ4v) is 2.95. The number of halogens is 1. The monoisotopic (exact) mass is 304 g/mol. The Morgan fingerprint density at radius 3 is 3.05 bits per heavy atom. The first-order chi connectivity index (χ1) is 8.78. The number of nitrogens with one attached hydrogen (secondary N) is 2. The van der Waals surface area contributed by atoms with Gasteiger partial charge in [0.25, 0.3) is 0 Å². The van der Waals surface area contributed by atoms with Crippen LogP contribution in [-0.2, 0) is 11.2 Å². The lowest BCUT2D eigenvalue weighted by Crippen LogP contribution is -2.14. The van der Waals surface area contributed by atoms with Crippen LogP contribution in [0.5, 0.6) is 0 Å². The summed E-state index contributed by atoms with van der Waals surface area (Å²) < 4.78 is 0. The summed E-state index contributed by atoms with van der Waals surface area (Å²) in [4.78, 5) is 11.7. The number of hydrogen-bond donors (Lipinski definition) is 2. The SMILES string of the molecule is CCCc1nnc(NC(=O)CCC2CCNC2)s1.Cl. The van der Waals surface area contributed by atoms with Crippen LogP contribution in [0, 0.1) is 5.92 Å². The molecule has 2 N–H and O–H groups in total. The maximum atomic E-state index is 11.7. The Balaban J connectivity index is 0.00000180. The number of carbonyl (C=O) groups excluding carboxylic acids is 1. The second-order valence-electron chi connectivity index (χ2n) is 4.70. The van der Waals surface area contributed by atoms with Gasteiger partial charge < -0.3 is 10.6 Å². The van der Waals surface area contributed by atoms with Crippen LogP contribution >= 0.6 is 23.7 Å². The summed E-state index contributed by atoms with van der Waals surface area (Å²) in [6.45, 7) is 4.24. The van der Waals surface area contributed by atoms with E-state index in [-0.39, 0.29) is 18.3 Å². The van der Waals surface area contributed by atoms with Gasteiger partial charge in [-0.05, 0) is 38.3 Å². The van der Waals surface area contributed by atoms with Crippen molar-refractivity contribution >= 4 is 34.8 Å². The van der Waals surface area contributed by atoms with Crippen molar-refractivity contribution in [3.63, 3.8) is 0 Å². The number of rotatable bonds is 6. The van der Waals surface area contributed by atoms with Crippen molar-refractivity contribution in [3.05, 3.63) is 5.01 Å². The van der Waals surface area contributed by atoms with E-state index in [1.165, 1.54) is 17.8 Å². The van der Waals surface area contributed by atoms with E-state index >= 15 is 0 Å². The molecule has 2 heterocycles. The average molecular weight is 305 g/mol. The van der Waals surface area contributed by atoms with Gasteiger partial charge in [0.05, 0.1) is 0 Å². The first kappa shape index (κ1) is 16.3. The minimum atomic E-state index is 0. The van der Waals surface area contributed by atoms with E-state index in [4.69, 9.17) is 0 Å². The standard InChI is InChI=1S/C12H20N4OS.ClH/c1-2-3-11-15-16-12(18-11)14-10(17)5-4-9-6-7-13-8-9;/h9,13H,2-8H2,1H3,(H,14,16,17);1H. The van der Waals surface area contributed by atoms with E-state index in [0.29, 0.717) is 17.5 Å².